The maximum atomic E-state index is 12.5. The number of likely N-dealkylation sites (tertiary alicyclic amines) is 1. The number of benzene rings is 1. The molecule has 0 saturated carbocycles. The third-order valence-corrected chi connectivity index (χ3v) is 4.97. The molecule has 1 aromatic rings. The summed E-state index contributed by atoms with van der Waals surface area (Å²) in [6.45, 7) is 5.87. The van der Waals surface area contributed by atoms with E-state index >= 15 is 0 Å². The summed E-state index contributed by atoms with van der Waals surface area (Å²) in [5.41, 5.74) is 2.30. The lowest BCUT2D eigenvalue weighted by Crippen LogP contribution is -2.44. The molecule has 0 spiro atoms. The minimum Gasteiger partial charge on any atom is -0.376 e. The summed E-state index contributed by atoms with van der Waals surface area (Å²) in [6.07, 6.45) is 2.45. The first-order chi connectivity index (χ1) is 11.5. The molecule has 0 bridgehead atoms. The fourth-order valence-corrected chi connectivity index (χ4v) is 3.45. The topological polar surface area (TPSA) is 58.6 Å². The first-order valence-corrected chi connectivity index (χ1v) is 8.78. The van der Waals surface area contributed by atoms with Crippen LogP contribution in [0.2, 0.25) is 0 Å². The Morgan fingerprint density at radius 3 is 2.79 bits per heavy atom. The van der Waals surface area contributed by atoms with E-state index in [1.54, 1.807) is 4.90 Å². The predicted molar refractivity (Wildman–Crippen MR) is 91.3 cm³/mol. The summed E-state index contributed by atoms with van der Waals surface area (Å²) in [5.74, 6) is -0.231. The van der Waals surface area contributed by atoms with E-state index in [2.05, 4.69) is 5.32 Å². The SMILES string of the molecule is Cc1ccc(CN2CC(C(=O)NC(C)C3CCCO3)CC2=O)cc1. The van der Waals surface area contributed by atoms with Crippen LogP contribution in [0.4, 0.5) is 0 Å². The van der Waals surface area contributed by atoms with Crippen molar-refractivity contribution in [2.75, 3.05) is 13.2 Å². The summed E-state index contributed by atoms with van der Waals surface area (Å²) < 4.78 is 5.62. The van der Waals surface area contributed by atoms with Gasteiger partial charge in [0.1, 0.15) is 0 Å². The predicted octanol–water partition coefficient (Wildman–Crippen LogP) is 2.03. The highest BCUT2D eigenvalue weighted by atomic mass is 16.5. The van der Waals surface area contributed by atoms with Crippen LogP contribution in [-0.4, -0.2) is 42.0 Å². The van der Waals surface area contributed by atoms with E-state index in [1.165, 1.54) is 5.56 Å². The minimum atomic E-state index is -0.258. The Morgan fingerprint density at radius 1 is 1.38 bits per heavy atom. The van der Waals surface area contributed by atoms with Crippen molar-refractivity contribution in [1.82, 2.24) is 10.2 Å². The van der Waals surface area contributed by atoms with Crippen molar-refractivity contribution >= 4 is 11.8 Å². The van der Waals surface area contributed by atoms with Gasteiger partial charge in [-0.1, -0.05) is 29.8 Å². The zero-order valence-corrected chi connectivity index (χ0v) is 14.5. The van der Waals surface area contributed by atoms with Gasteiger partial charge in [-0.3, -0.25) is 9.59 Å². The third kappa shape index (κ3) is 3.96. The Kier molecular flexibility index (Phi) is 5.19. The first-order valence-electron chi connectivity index (χ1n) is 8.78. The Hall–Kier alpha value is -1.88. The number of rotatable bonds is 5. The highest BCUT2D eigenvalue weighted by molar-refractivity contribution is 5.89. The van der Waals surface area contributed by atoms with Gasteiger partial charge < -0.3 is 15.0 Å². The van der Waals surface area contributed by atoms with E-state index in [1.807, 2.05) is 38.1 Å². The molecule has 3 atom stereocenters. The van der Waals surface area contributed by atoms with Crippen LogP contribution in [0.1, 0.15) is 37.3 Å². The molecule has 24 heavy (non-hydrogen) atoms. The lowest BCUT2D eigenvalue weighted by Gasteiger charge is -2.22. The largest absolute Gasteiger partial charge is 0.376 e. The lowest BCUT2D eigenvalue weighted by molar-refractivity contribution is -0.129. The first kappa shape index (κ1) is 17.0. The standard InChI is InChI=1S/C19H26N2O3/c1-13-5-7-15(8-6-13)11-21-12-16(10-18(21)22)19(23)20-14(2)17-4-3-9-24-17/h5-8,14,16-17H,3-4,9-12H2,1-2H3,(H,20,23). The van der Waals surface area contributed by atoms with Crippen molar-refractivity contribution in [1.29, 1.82) is 0 Å². The van der Waals surface area contributed by atoms with Crippen molar-refractivity contribution < 1.29 is 14.3 Å². The fourth-order valence-electron chi connectivity index (χ4n) is 3.45. The summed E-state index contributed by atoms with van der Waals surface area (Å²) in [6, 6.07) is 8.17. The average molecular weight is 330 g/mol. The Morgan fingerprint density at radius 2 is 2.12 bits per heavy atom. The molecule has 2 heterocycles. The molecular weight excluding hydrogens is 304 g/mol. The van der Waals surface area contributed by atoms with Gasteiger partial charge in [0, 0.05) is 26.1 Å². The van der Waals surface area contributed by atoms with Crippen LogP contribution < -0.4 is 5.32 Å². The van der Waals surface area contributed by atoms with Gasteiger partial charge in [0.05, 0.1) is 18.1 Å². The van der Waals surface area contributed by atoms with E-state index in [-0.39, 0.29) is 29.9 Å². The molecule has 2 aliphatic heterocycles. The molecule has 3 unspecified atom stereocenters. The van der Waals surface area contributed by atoms with E-state index < -0.39 is 0 Å². The molecular formula is C19H26N2O3. The van der Waals surface area contributed by atoms with Gasteiger partial charge in [-0.25, -0.2) is 0 Å². The number of aryl methyl sites for hydroxylation is 1. The van der Waals surface area contributed by atoms with Gasteiger partial charge in [-0.2, -0.15) is 0 Å². The van der Waals surface area contributed by atoms with E-state index in [0.29, 0.717) is 19.5 Å². The molecule has 5 nitrogen and oxygen atoms in total. The molecule has 1 aromatic carbocycles. The van der Waals surface area contributed by atoms with Gasteiger partial charge in [0.2, 0.25) is 11.8 Å². The number of carbonyl (C=O) groups excluding carboxylic acids is 2. The number of ether oxygens (including phenoxy) is 1. The molecule has 2 fully saturated rings. The molecule has 5 heteroatoms. The van der Waals surface area contributed by atoms with Crippen LogP contribution in [-0.2, 0) is 20.9 Å². The zero-order chi connectivity index (χ0) is 17.1. The van der Waals surface area contributed by atoms with Crippen molar-refractivity contribution in [2.45, 2.75) is 51.8 Å². The van der Waals surface area contributed by atoms with Gasteiger partial charge >= 0.3 is 0 Å². The van der Waals surface area contributed by atoms with E-state index in [4.69, 9.17) is 4.74 Å². The molecule has 130 valence electrons. The second kappa shape index (κ2) is 7.34. The number of hydrogen-bond acceptors (Lipinski definition) is 3. The highest BCUT2D eigenvalue weighted by Crippen LogP contribution is 2.22. The van der Waals surface area contributed by atoms with E-state index in [9.17, 15) is 9.59 Å². The third-order valence-electron chi connectivity index (χ3n) is 4.97. The highest BCUT2D eigenvalue weighted by Gasteiger charge is 2.35. The van der Waals surface area contributed by atoms with Crippen LogP contribution in [0.3, 0.4) is 0 Å². The molecule has 2 amide bonds. The van der Waals surface area contributed by atoms with Gasteiger partial charge in [0.15, 0.2) is 0 Å². The van der Waals surface area contributed by atoms with E-state index in [0.717, 1.165) is 25.0 Å². The Labute approximate surface area is 143 Å². The molecule has 0 aliphatic carbocycles. The number of nitrogens with one attached hydrogen (secondary N) is 1. The summed E-state index contributed by atoms with van der Waals surface area (Å²) >= 11 is 0. The lowest BCUT2D eigenvalue weighted by atomic mass is 10.1. The van der Waals surface area contributed by atoms with Crippen molar-refractivity contribution in [3.8, 4) is 0 Å². The van der Waals surface area contributed by atoms with Gasteiger partial charge in [0.25, 0.3) is 0 Å². The van der Waals surface area contributed by atoms with Crippen LogP contribution in [0.25, 0.3) is 0 Å². The molecule has 2 saturated heterocycles. The second-order valence-corrected chi connectivity index (χ2v) is 7.01. The van der Waals surface area contributed by atoms with Crippen LogP contribution in [0.5, 0.6) is 0 Å². The minimum absolute atomic E-state index is 0.00116. The monoisotopic (exact) mass is 330 g/mol. The molecule has 0 radical (unpaired) electrons. The average Bonchev–Trinajstić information content (AvgIpc) is 3.20. The number of nitrogens with zero attached hydrogens (tertiary/aromatic N) is 1. The number of carbonyl (C=O) groups is 2. The maximum Gasteiger partial charge on any atom is 0.225 e. The van der Waals surface area contributed by atoms with Crippen LogP contribution in [0, 0.1) is 12.8 Å². The van der Waals surface area contributed by atoms with Crippen molar-refractivity contribution in [3.05, 3.63) is 35.4 Å². The Bertz CT molecular complexity index is 593. The number of hydrogen-bond donors (Lipinski definition) is 1. The quantitative estimate of drug-likeness (QED) is 0.899. The zero-order valence-electron chi connectivity index (χ0n) is 14.5. The van der Waals surface area contributed by atoms with Crippen LogP contribution in [0.15, 0.2) is 24.3 Å². The Balaban J connectivity index is 1.53. The fraction of sp³-hybridized carbons (Fsp3) is 0.579. The number of amides is 2. The van der Waals surface area contributed by atoms with Gasteiger partial charge in [-0.05, 0) is 32.3 Å². The summed E-state index contributed by atoms with van der Waals surface area (Å²) in [5, 5.41) is 3.03. The van der Waals surface area contributed by atoms with Gasteiger partial charge in [-0.15, -0.1) is 0 Å². The molecule has 2 aliphatic rings. The molecule has 3 rings (SSSR count). The van der Waals surface area contributed by atoms with Crippen LogP contribution >= 0.6 is 0 Å². The van der Waals surface area contributed by atoms with Crippen molar-refractivity contribution in [2.24, 2.45) is 5.92 Å². The van der Waals surface area contributed by atoms with Crippen molar-refractivity contribution in [3.63, 3.8) is 0 Å². The second-order valence-electron chi connectivity index (χ2n) is 7.01. The summed E-state index contributed by atoms with van der Waals surface area (Å²) in [7, 11) is 0. The normalized spacial score (nSPS) is 25.1. The smallest absolute Gasteiger partial charge is 0.225 e. The molecule has 1 N–H and O–H groups in total. The molecule has 0 aromatic heterocycles. The summed E-state index contributed by atoms with van der Waals surface area (Å²) in [4.78, 5) is 26.5. The maximum absolute atomic E-state index is 12.5.